The van der Waals surface area contributed by atoms with Gasteiger partial charge in [-0.25, -0.2) is 8.42 Å². The monoisotopic (exact) mass is 316 g/mol. The second-order valence-corrected chi connectivity index (χ2v) is 7.35. The van der Waals surface area contributed by atoms with E-state index in [4.69, 9.17) is 11.6 Å². The van der Waals surface area contributed by atoms with Crippen LogP contribution in [-0.4, -0.2) is 37.9 Å². The summed E-state index contributed by atoms with van der Waals surface area (Å²) in [4.78, 5) is 0.205. The first-order valence-corrected chi connectivity index (χ1v) is 8.82. The van der Waals surface area contributed by atoms with Gasteiger partial charge in [-0.2, -0.15) is 4.31 Å². The smallest absolute Gasteiger partial charge is 0.244 e. The summed E-state index contributed by atoms with van der Waals surface area (Å²) in [5.41, 5.74) is 0. The number of sulfonamides is 1. The van der Waals surface area contributed by atoms with Gasteiger partial charge in [0.05, 0.1) is 5.02 Å². The van der Waals surface area contributed by atoms with Gasteiger partial charge in [0.25, 0.3) is 0 Å². The maximum absolute atomic E-state index is 12.9. The zero-order valence-corrected chi connectivity index (χ0v) is 13.4. The van der Waals surface area contributed by atoms with E-state index in [1.165, 1.54) is 0 Å². The summed E-state index contributed by atoms with van der Waals surface area (Å²) in [6.45, 7) is 5.26. The highest BCUT2D eigenvalue weighted by atomic mass is 35.5. The molecule has 1 fully saturated rings. The van der Waals surface area contributed by atoms with Gasteiger partial charge < -0.3 is 5.32 Å². The number of halogens is 1. The van der Waals surface area contributed by atoms with Crippen LogP contribution < -0.4 is 5.32 Å². The van der Waals surface area contributed by atoms with Gasteiger partial charge in [-0.05, 0) is 25.0 Å². The molecule has 6 heteroatoms. The van der Waals surface area contributed by atoms with E-state index in [2.05, 4.69) is 12.2 Å². The molecular formula is C14H21ClN2O2S. The standard InChI is InChI=1S/C14H21ClN2O2S/c1-3-11-10-17(12(4-2)9-16-11)20(18,19)14-8-6-5-7-13(14)15/h5-8,11-12,16H,3-4,9-10H2,1-2H3. The molecule has 0 aromatic heterocycles. The van der Waals surface area contributed by atoms with Gasteiger partial charge in [0.1, 0.15) is 4.90 Å². The number of hydrogen-bond acceptors (Lipinski definition) is 3. The first kappa shape index (κ1) is 15.8. The summed E-state index contributed by atoms with van der Waals surface area (Å²) in [6, 6.07) is 6.83. The molecule has 0 aliphatic carbocycles. The lowest BCUT2D eigenvalue weighted by atomic mass is 10.1. The van der Waals surface area contributed by atoms with Crippen LogP contribution in [0.4, 0.5) is 0 Å². The normalized spacial score (nSPS) is 24.8. The maximum Gasteiger partial charge on any atom is 0.244 e. The van der Waals surface area contributed by atoms with E-state index in [9.17, 15) is 8.42 Å². The van der Waals surface area contributed by atoms with Crippen molar-refractivity contribution in [3.05, 3.63) is 29.3 Å². The molecule has 1 aliphatic heterocycles. The van der Waals surface area contributed by atoms with E-state index in [0.29, 0.717) is 13.1 Å². The molecule has 1 N–H and O–H groups in total. The Morgan fingerprint density at radius 2 is 2.00 bits per heavy atom. The third-order valence-corrected chi connectivity index (χ3v) is 6.26. The molecule has 4 nitrogen and oxygen atoms in total. The molecule has 1 aliphatic rings. The summed E-state index contributed by atoms with van der Waals surface area (Å²) in [5.74, 6) is 0. The van der Waals surface area contributed by atoms with Crippen molar-refractivity contribution in [1.82, 2.24) is 9.62 Å². The molecule has 0 saturated carbocycles. The summed E-state index contributed by atoms with van der Waals surface area (Å²) < 4.78 is 27.3. The molecule has 1 saturated heterocycles. The van der Waals surface area contributed by atoms with Gasteiger partial charge in [0, 0.05) is 25.2 Å². The second-order valence-electron chi connectivity index (χ2n) is 5.08. The van der Waals surface area contributed by atoms with Gasteiger partial charge in [0.15, 0.2) is 0 Å². The quantitative estimate of drug-likeness (QED) is 0.928. The highest BCUT2D eigenvalue weighted by Crippen LogP contribution is 2.27. The molecule has 0 spiro atoms. The Morgan fingerprint density at radius 3 is 2.60 bits per heavy atom. The second kappa shape index (κ2) is 6.43. The zero-order valence-electron chi connectivity index (χ0n) is 11.8. The number of rotatable bonds is 4. The molecular weight excluding hydrogens is 296 g/mol. The number of piperazine rings is 1. The van der Waals surface area contributed by atoms with Crippen molar-refractivity contribution >= 4 is 21.6 Å². The molecule has 1 aromatic carbocycles. The first-order valence-electron chi connectivity index (χ1n) is 7.00. The molecule has 2 rings (SSSR count). The van der Waals surface area contributed by atoms with Crippen LogP contribution in [0, 0.1) is 0 Å². The number of nitrogens with zero attached hydrogens (tertiary/aromatic N) is 1. The van der Waals surface area contributed by atoms with Crippen molar-refractivity contribution < 1.29 is 8.42 Å². The average molecular weight is 317 g/mol. The lowest BCUT2D eigenvalue weighted by Gasteiger charge is -2.39. The Labute approximate surface area is 126 Å². The first-order chi connectivity index (χ1) is 9.50. The number of nitrogens with one attached hydrogen (secondary N) is 1. The molecule has 2 unspecified atom stereocenters. The fourth-order valence-electron chi connectivity index (χ4n) is 2.53. The molecule has 0 amide bonds. The zero-order chi connectivity index (χ0) is 14.8. The van der Waals surface area contributed by atoms with Crippen LogP contribution >= 0.6 is 11.6 Å². The number of hydrogen-bond donors (Lipinski definition) is 1. The molecule has 1 heterocycles. The summed E-state index contributed by atoms with van der Waals surface area (Å²) >= 11 is 6.07. The van der Waals surface area contributed by atoms with Gasteiger partial charge in [-0.3, -0.25) is 0 Å². The Hall–Kier alpha value is -0.620. The van der Waals surface area contributed by atoms with Crippen molar-refractivity contribution in [2.24, 2.45) is 0 Å². The van der Waals surface area contributed by atoms with E-state index >= 15 is 0 Å². The van der Waals surface area contributed by atoms with Crippen LogP contribution in [0.1, 0.15) is 26.7 Å². The van der Waals surface area contributed by atoms with Crippen molar-refractivity contribution in [1.29, 1.82) is 0 Å². The van der Waals surface area contributed by atoms with Crippen LogP contribution in [-0.2, 0) is 10.0 Å². The molecule has 0 bridgehead atoms. The van der Waals surface area contributed by atoms with Crippen LogP contribution in [0.3, 0.4) is 0 Å². The summed E-state index contributed by atoms with van der Waals surface area (Å²) in [6.07, 6.45) is 1.69. The molecule has 20 heavy (non-hydrogen) atoms. The largest absolute Gasteiger partial charge is 0.311 e. The van der Waals surface area contributed by atoms with Crippen LogP contribution in [0.5, 0.6) is 0 Å². The molecule has 1 aromatic rings. The summed E-state index contributed by atoms with van der Waals surface area (Å²) in [5, 5.41) is 3.68. The highest BCUT2D eigenvalue weighted by molar-refractivity contribution is 7.89. The highest BCUT2D eigenvalue weighted by Gasteiger charge is 2.36. The third-order valence-electron chi connectivity index (χ3n) is 3.84. The Morgan fingerprint density at radius 1 is 1.30 bits per heavy atom. The molecule has 0 radical (unpaired) electrons. The fourth-order valence-corrected chi connectivity index (χ4v) is 4.77. The molecule has 112 valence electrons. The van der Waals surface area contributed by atoms with E-state index in [1.54, 1.807) is 28.6 Å². The van der Waals surface area contributed by atoms with E-state index in [1.807, 2.05) is 6.92 Å². The Kier molecular flexibility index (Phi) is 5.07. The lowest BCUT2D eigenvalue weighted by Crippen LogP contribution is -2.57. The maximum atomic E-state index is 12.9. The fraction of sp³-hybridized carbons (Fsp3) is 0.571. The topological polar surface area (TPSA) is 49.4 Å². The average Bonchev–Trinajstić information content (AvgIpc) is 2.46. The molecule has 2 atom stereocenters. The number of benzene rings is 1. The van der Waals surface area contributed by atoms with E-state index in [0.717, 1.165) is 12.8 Å². The third kappa shape index (κ3) is 3.01. The van der Waals surface area contributed by atoms with Gasteiger partial charge in [0.2, 0.25) is 10.0 Å². The van der Waals surface area contributed by atoms with Crippen LogP contribution in [0.2, 0.25) is 5.02 Å². The Bertz CT molecular complexity index is 562. The SMILES string of the molecule is CCC1CN(S(=O)(=O)c2ccccc2Cl)C(CC)CN1. The predicted molar refractivity (Wildman–Crippen MR) is 81.5 cm³/mol. The minimum atomic E-state index is -3.54. The summed E-state index contributed by atoms with van der Waals surface area (Å²) in [7, 11) is -3.54. The minimum Gasteiger partial charge on any atom is -0.311 e. The van der Waals surface area contributed by atoms with Gasteiger partial charge in [-0.15, -0.1) is 0 Å². The van der Waals surface area contributed by atoms with Gasteiger partial charge >= 0.3 is 0 Å². The van der Waals surface area contributed by atoms with Crippen molar-refractivity contribution in [2.45, 2.75) is 43.7 Å². The van der Waals surface area contributed by atoms with Gasteiger partial charge in [-0.1, -0.05) is 37.6 Å². The van der Waals surface area contributed by atoms with Crippen molar-refractivity contribution in [3.63, 3.8) is 0 Å². The lowest BCUT2D eigenvalue weighted by molar-refractivity contribution is 0.215. The van der Waals surface area contributed by atoms with Crippen molar-refractivity contribution in [3.8, 4) is 0 Å². The minimum absolute atomic E-state index is 0.0147. The predicted octanol–water partition coefficient (Wildman–Crippen LogP) is 2.49. The van der Waals surface area contributed by atoms with E-state index in [-0.39, 0.29) is 22.0 Å². The van der Waals surface area contributed by atoms with Crippen LogP contribution in [0.15, 0.2) is 29.2 Å². The van der Waals surface area contributed by atoms with Crippen LogP contribution in [0.25, 0.3) is 0 Å². The Balaban J connectivity index is 2.38. The van der Waals surface area contributed by atoms with E-state index < -0.39 is 10.0 Å². The van der Waals surface area contributed by atoms with Crippen molar-refractivity contribution in [2.75, 3.05) is 13.1 Å².